The van der Waals surface area contributed by atoms with Gasteiger partial charge in [-0.2, -0.15) is 0 Å². The Bertz CT molecular complexity index is 1330. The minimum atomic E-state index is 0.0151. The minimum Gasteiger partial charge on any atom is -0.379 e. The number of hydrogen-bond acceptors (Lipinski definition) is 6. The zero-order valence-corrected chi connectivity index (χ0v) is 20.1. The zero-order valence-electron chi connectivity index (χ0n) is 20.1. The third-order valence-corrected chi connectivity index (χ3v) is 6.25. The van der Waals surface area contributed by atoms with Crippen molar-refractivity contribution < 1.29 is 9.53 Å². The summed E-state index contributed by atoms with van der Waals surface area (Å²) in [4.78, 5) is 28.4. The number of pyridine rings is 1. The molecule has 0 radical (unpaired) electrons. The number of nitrogens with zero attached hydrogens (tertiary/aromatic N) is 4. The van der Waals surface area contributed by atoms with E-state index in [4.69, 9.17) is 4.74 Å². The van der Waals surface area contributed by atoms with Crippen LogP contribution in [0.15, 0.2) is 67.0 Å². The molecule has 4 aromatic rings. The minimum absolute atomic E-state index is 0.0151. The molecule has 1 aliphatic heterocycles. The lowest BCUT2D eigenvalue weighted by atomic mass is 9.95. The van der Waals surface area contributed by atoms with Crippen LogP contribution in [0.2, 0.25) is 0 Å². The smallest absolute Gasteiger partial charge is 0.254 e. The normalized spacial score (nSPS) is 16.2. The molecule has 0 unspecified atom stereocenters. The molecule has 1 atom stereocenters. The van der Waals surface area contributed by atoms with Crippen molar-refractivity contribution in [1.29, 1.82) is 0 Å². The number of hydrogen-bond donors (Lipinski definition) is 1. The Morgan fingerprint density at radius 3 is 2.89 bits per heavy atom. The van der Waals surface area contributed by atoms with Crippen LogP contribution >= 0.6 is 0 Å². The molecule has 0 saturated carbocycles. The van der Waals surface area contributed by atoms with Crippen molar-refractivity contribution >= 4 is 28.2 Å². The van der Waals surface area contributed by atoms with Gasteiger partial charge in [0.25, 0.3) is 5.91 Å². The maximum atomic E-state index is 13.5. The highest BCUT2D eigenvalue weighted by atomic mass is 16.5. The highest BCUT2D eigenvalue weighted by molar-refractivity contribution is 5.95. The van der Waals surface area contributed by atoms with Gasteiger partial charge in [0.15, 0.2) is 0 Å². The van der Waals surface area contributed by atoms with Gasteiger partial charge in [0.2, 0.25) is 0 Å². The van der Waals surface area contributed by atoms with Crippen LogP contribution in [0.5, 0.6) is 0 Å². The SMILES string of the molecule is Cc1cc(Nc2cccc(C(=O)N3CCOC[C@H](Cc4cccc5cnccc45)C3)c2)nc(C)n1. The van der Waals surface area contributed by atoms with Crippen LogP contribution in [0.3, 0.4) is 0 Å². The Balaban J connectivity index is 1.32. The summed E-state index contributed by atoms with van der Waals surface area (Å²) >= 11 is 0. The summed E-state index contributed by atoms with van der Waals surface area (Å²) in [7, 11) is 0. The molecule has 178 valence electrons. The zero-order chi connectivity index (χ0) is 24.2. The summed E-state index contributed by atoms with van der Waals surface area (Å²) in [5, 5.41) is 5.64. The molecule has 1 fully saturated rings. The lowest BCUT2D eigenvalue weighted by Crippen LogP contribution is -2.36. The van der Waals surface area contributed by atoms with E-state index in [9.17, 15) is 4.79 Å². The summed E-state index contributed by atoms with van der Waals surface area (Å²) in [5.74, 6) is 1.65. The Labute approximate surface area is 205 Å². The first-order valence-electron chi connectivity index (χ1n) is 11.9. The highest BCUT2D eigenvalue weighted by Gasteiger charge is 2.24. The quantitative estimate of drug-likeness (QED) is 0.458. The number of ether oxygens (including phenoxy) is 1. The number of carbonyl (C=O) groups is 1. The van der Waals surface area contributed by atoms with Gasteiger partial charge in [-0.05, 0) is 55.5 Å². The highest BCUT2D eigenvalue weighted by Crippen LogP contribution is 2.23. The van der Waals surface area contributed by atoms with Crippen LogP contribution in [0.4, 0.5) is 11.5 Å². The molecule has 0 aliphatic carbocycles. The summed E-state index contributed by atoms with van der Waals surface area (Å²) in [6.07, 6.45) is 4.57. The second-order valence-electron chi connectivity index (χ2n) is 9.06. The summed E-state index contributed by atoms with van der Waals surface area (Å²) in [5.41, 5.74) is 3.62. The van der Waals surface area contributed by atoms with Gasteiger partial charge in [-0.15, -0.1) is 0 Å². The van der Waals surface area contributed by atoms with Gasteiger partial charge in [-0.3, -0.25) is 9.78 Å². The lowest BCUT2D eigenvalue weighted by molar-refractivity contribution is 0.0737. The molecule has 5 rings (SSSR count). The van der Waals surface area contributed by atoms with Crippen LogP contribution in [0.25, 0.3) is 10.8 Å². The van der Waals surface area contributed by atoms with Crippen LogP contribution < -0.4 is 5.32 Å². The number of rotatable bonds is 5. The van der Waals surface area contributed by atoms with Crippen molar-refractivity contribution in [3.05, 3.63) is 89.6 Å². The van der Waals surface area contributed by atoms with E-state index >= 15 is 0 Å². The van der Waals surface area contributed by atoms with Crippen molar-refractivity contribution in [2.24, 2.45) is 5.92 Å². The molecular formula is C28H29N5O2. The third kappa shape index (κ3) is 5.46. The molecule has 1 aliphatic rings. The van der Waals surface area contributed by atoms with Crippen LogP contribution in [-0.4, -0.2) is 52.1 Å². The first-order valence-corrected chi connectivity index (χ1v) is 11.9. The molecule has 3 heterocycles. The predicted molar refractivity (Wildman–Crippen MR) is 137 cm³/mol. The number of fused-ring (bicyclic) bond motifs is 1. The maximum Gasteiger partial charge on any atom is 0.254 e. The average Bonchev–Trinajstić information content (AvgIpc) is 3.09. The van der Waals surface area contributed by atoms with Gasteiger partial charge in [-0.25, -0.2) is 9.97 Å². The predicted octanol–water partition coefficient (Wildman–Crippen LogP) is 4.72. The molecule has 35 heavy (non-hydrogen) atoms. The number of aromatic nitrogens is 3. The number of aryl methyl sites for hydroxylation is 2. The van der Waals surface area contributed by atoms with E-state index < -0.39 is 0 Å². The van der Waals surface area contributed by atoms with Crippen LogP contribution in [0, 0.1) is 19.8 Å². The van der Waals surface area contributed by atoms with E-state index in [0.717, 1.165) is 23.2 Å². The Morgan fingerprint density at radius 2 is 2.00 bits per heavy atom. The summed E-state index contributed by atoms with van der Waals surface area (Å²) in [6, 6.07) is 17.8. The lowest BCUT2D eigenvalue weighted by Gasteiger charge is -2.24. The van der Waals surface area contributed by atoms with Crippen molar-refractivity contribution in [1.82, 2.24) is 19.9 Å². The first kappa shape index (κ1) is 22.9. The van der Waals surface area contributed by atoms with Gasteiger partial charge in [-0.1, -0.05) is 24.3 Å². The van der Waals surface area contributed by atoms with Crippen LogP contribution in [-0.2, 0) is 11.2 Å². The van der Waals surface area contributed by atoms with Gasteiger partial charge < -0.3 is 15.0 Å². The molecule has 1 amide bonds. The molecule has 7 heteroatoms. The molecule has 7 nitrogen and oxygen atoms in total. The average molecular weight is 468 g/mol. The third-order valence-electron chi connectivity index (χ3n) is 6.25. The van der Waals surface area contributed by atoms with E-state index in [-0.39, 0.29) is 11.8 Å². The Morgan fingerprint density at radius 1 is 1.11 bits per heavy atom. The monoisotopic (exact) mass is 467 g/mol. The van der Waals surface area contributed by atoms with E-state index in [1.165, 1.54) is 10.9 Å². The first-order chi connectivity index (χ1) is 17.0. The molecule has 0 bridgehead atoms. The molecular weight excluding hydrogens is 438 g/mol. The summed E-state index contributed by atoms with van der Waals surface area (Å²) < 4.78 is 5.90. The Kier molecular flexibility index (Phi) is 6.68. The van der Waals surface area contributed by atoms with Gasteiger partial charge in [0.05, 0.1) is 13.2 Å². The van der Waals surface area contributed by atoms with Crippen molar-refractivity contribution in [2.45, 2.75) is 20.3 Å². The molecule has 1 N–H and O–H groups in total. The summed E-state index contributed by atoms with van der Waals surface area (Å²) in [6.45, 7) is 6.22. The fraction of sp³-hybridized carbons (Fsp3) is 0.286. The fourth-order valence-corrected chi connectivity index (χ4v) is 4.71. The van der Waals surface area contributed by atoms with Gasteiger partial charge >= 0.3 is 0 Å². The van der Waals surface area contributed by atoms with Crippen molar-refractivity contribution in [3.63, 3.8) is 0 Å². The largest absolute Gasteiger partial charge is 0.379 e. The van der Waals surface area contributed by atoms with E-state index in [1.54, 1.807) is 0 Å². The van der Waals surface area contributed by atoms with Crippen molar-refractivity contribution in [2.75, 3.05) is 31.6 Å². The van der Waals surface area contributed by atoms with E-state index in [1.807, 2.05) is 61.5 Å². The second kappa shape index (κ2) is 10.2. The number of carbonyl (C=O) groups excluding carboxylic acids is 1. The van der Waals surface area contributed by atoms with Crippen molar-refractivity contribution in [3.8, 4) is 0 Å². The number of amides is 1. The van der Waals surface area contributed by atoms with E-state index in [2.05, 4.69) is 44.5 Å². The molecule has 0 spiro atoms. The van der Waals surface area contributed by atoms with E-state index in [0.29, 0.717) is 43.5 Å². The van der Waals surface area contributed by atoms with Gasteiger partial charge in [0.1, 0.15) is 11.6 Å². The molecule has 1 saturated heterocycles. The fourth-order valence-electron chi connectivity index (χ4n) is 4.71. The Hall–Kier alpha value is -3.84. The molecule has 2 aromatic carbocycles. The number of benzene rings is 2. The molecule has 2 aromatic heterocycles. The standard InChI is InChI=1S/C28H29N5O2/c1-19-13-27(31-20(2)30-19)32-25-8-4-6-23(15-25)28(34)33-11-12-35-18-21(17-33)14-22-5-3-7-24-16-29-10-9-26(22)24/h3-10,13,15-16,21H,11-12,14,17-18H2,1-2H3,(H,30,31,32)/t21-/m1/s1. The maximum absolute atomic E-state index is 13.5. The number of anilines is 2. The van der Waals surface area contributed by atoms with Gasteiger partial charge in [0, 0.05) is 59.8 Å². The number of nitrogens with one attached hydrogen (secondary N) is 1. The topological polar surface area (TPSA) is 80.2 Å². The second-order valence-corrected chi connectivity index (χ2v) is 9.06. The van der Waals surface area contributed by atoms with Crippen LogP contribution in [0.1, 0.15) is 27.4 Å².